The molecular formula is C20H29BrN2O4S. The standard InChI is InChI=1S/C20H29BrN2O4S/c1-12(2)18(23-17(24)8-6-7-9-28-5)19(25)22-16-11-14(20(26)27-4)15(21)10-13(16)3/h10-12,18H,6-9H2,1-5H3,(H,22,25)(H,23,24)/t18-/m0/s1. The molecule has 0 fully saturated rings. The molecule has 1 rings (SSSR count). The number of thioether (sulfide) groups is 1. The molecule has 1 aromatic rings. The summed E-state index contributed by atoms with van der Waals surface area (Å²) in [6, 6.07) is 2.67. The monoisotopic (exact) mass is 472 g/mol. The van der Waals surface area contributed by atoms with Gasteiger partial charge in [-0.15, -0.1) is 0 Å². The Labute approximate surface area is 179 Å². The second-order valence-electron chi connectivity index (χ2n) is 6.87. The van der Waals surface area contributed by atoms with Gasteiger partial charge in [0, 0.05) is 16.6 Å². The Morgan fingerprint density at radius 1 is 1.21 bits per heavy atom. The van der Waals surface area contributed by atoms with Gasteiger partial charge in [0.25, 0.3) is 0 Å². The first kappa shape index (κ1) is 24.5. The SMILES string of the molecule is COC(=O)c1cc(NC(=O)[C@@H](NC(=O)CCCCSC)C(C)C)c(C)cc1Br. The van der Waals surface area contributed by atoms with Crippen LogP contribution in [-0.2, 0) is 14.3 Å². The van der Waals surface area contributed by atoms with Crippen LogP contribution in [0.25, 0.3) is 0 Å². The zero-order valence-electron chi connectivity index (χ0n) is 17.1. The molecule has 0 saturated heterocycles. The normalized spacial score (nSPS) is 11.8. The number of ether oxygens (including phenoxy) is 1. The van der Waals surface area contributed by atoms with E-state index in [2.05, 4.69) is 26.6 Å². The minimum absolute atomic E-state index is 0.0778. The van der Waals surface area contributed by atoms with Crippen LogP contribution >= 0.6 is 27.7 Å². The summed E-state index contributed by atoms with van der Waals surface area (Å²) in [6.07, 6.45) is 4.21. The lowest BCUT2D eigenvalue weighted by molar-refractivity contribution is -0.127. The van der Waals surface area contributed by atoms with Crippen LogP contribution in [-0.4, -0.2) is 42.9 Å². The molecule has 2 amide bonds. The van der Waals surface area contributed by atoms with Crippen LogP contribution in [0.5, 0.6) is 0 Å². The lowest BCUT2D eigenvalue weighted by atomic mass is 10.0. The first-order valence-electron chi connectivity index (χ1n) is 9.18. The zero-order valence-corrected chi connectivity index (χ0v) is 19.5. The highest BCUT2D eigenvalue weighted by atomic mass is 79.9. The van der Waals surface area contributed by atoms with E-state index in [0.717, 1.165) is 24.2 Å². The quantitative estimate of drug-likeness (QED) is 0.394. The van der Waals surface area contributed by atoms with Crippen LogP contribution in [0, 0.1) is 12.8 Å². The minimum Gasteiger partial charge on any atom is -0.465 e. The van der Waals surface area contributed by atoms with Gasteiger partial charge in [0.1, 0.15) is 6.04 Å². The molecule has 0 aliphatic heterocycles. The van der Waals surface area contributed by atoms with Crippen molar-refractivity contribution in [1.82, 2.24) is 5.32 Å². The van der Waals surface area contributed by atoms with E-state index in [9.17, 15) is 14.4 Å². The number of anilines is 1. The van der Waals surface area contributed by atoms with Crippen molar-refractivity contribution in [2.24, 2.45) is 5.92 Å². The molecule has 8 heteroatoms. The lowest BCUT2D eigenvalue weighted by Gasteiger charge is -2.22. The molecule has 0 aromatic heterocycles. The number of benzene rings is 1. The van der Waals surface area contributed by atoms with Crippen LogP contribution in [0.1, 0.15) is 49.0 Å². The van der Waals surface area contributed by atoms with E-state index in [1.165, 1.54) is 7.11 Å². The van der Waals surface area contributed by atoms with Gasteiger partial charge >= 0.3 is 5.97 Å². The van der Waals surface area contributed by atoms with Crippen molar-refractivity contribution in [3.05, 3.63) is 27.7 Å². The van der Waals surface area contributed by atoms with Gasteiger partial charge in [-0.2, -0.15) is 11.8 Å². The van der Waals surface area contributed by atoms with Crippen molar-refractivity contribution in [3.63, 3.8) is 0 Å². The number of carbonyl (C=O) groups excluding carboxylic acids is 3. The zero-order chi connectivity index (χ0) is 21.3. The predicted molar refractivity (Wildman–Crippen MR) is 118 cm³/mol. The second kappa shape index (κ2) is 12.1. The number of amides is 2. The van der Waals surface area contributed by atoms with Crippen LogP contribution in [0.15, 0.2) is 16.6 Å². The number of nitrogens with one attached hydrogen (secondary N) is 2. The fourth-order valence-corrected chi connectivity index (χ4v) is 3.71. The molecule has 0 heterocycles. The van der Waals surface area contributed by atoms with Crippen molar-refractivity contribution in [1.29, 1.82) is 0 Å². The van der Waals surface area contributed by atoms with Crippen LogP contribution in [0.2, 0.25) is 0 Å². The van der Waals surface area contributed by atoms with Gasteiger partial charge in [-0.3, -0.25) is 9.59 Å². The summed E-state index contributed by atoms with van der Waals surface area (Å²) in [5.41, 5.74) is 1.62. The largest absolute Gasteiger partial charge is 0.465 e. The molecule has 1 atom stereocenters. The third-order valence-corrected chi connectivity index (χ3v) is 5.60. The van der Waals surface area contributed by atoms with E-state index < -0.39 is 12.0 Å². The number of carbonyl (C=O) groups is 3. The summed E-state index contributed by atoms with van der Waals surface area (Å²) in [5, 5.41) is 5.67. The predicted octanol–water partition coefficient (Wildman–Crippen LogP) is 4.16. The fraction of sp³-hybridized carbons (Fsp3) is 0.550. The smallest absolute Gasteiger partial charge is 0.339 e. The van der Waals surface area contributed by atoms with Crippen LogP contribution < -0.4 is 10.6 Å². The van der Waals surface area contributed by atoms with Crippen molar-refractivity contribution in [3.8, 4) is 0 Å². The number of unbranched alkanes of at least 4 members (excludes halogenated alkanes) is 1. The molecule has 0 aliphatic rings. The summed E-state index contributed by atoms with van der Waals surface area (Å²) < 4.78 is 5.36. The Kier molecular flexibility index (Phi) is 10.6. The Morgan fingerprint density at radius 3 is 2.46 bits per heavy atom. The summed E-state index contributed by atoms with van der Waals surface area (Å²) in [5.74, 6) is 0.00553. The minimum atomic E-state index is -0.655. The van der Waals surface area contributed by atoms with E-state index in [0.29, 0.717) is 22.1 Å². The molecule has 0 saturated carbocycles. The number of halogens is 1. The number of rotatable bonds is 10. The molecule has 6 nitrogen and oxygen atoms in total. The summed E-state index contributed by atoms with van der Waals surface area (Å²) >= 11 is 5.09. The van der Waals surface area contributed by atoms with E-state index in [1.807, 2.05) is 27.0 Å². The molecule has 1 aromatic carbocycles. The first-order valence-corrected chi connectivity index (χ1v) is 11.4. The second-order valence-corrected chi connectivity index (χ2v) is 8.71. The Bertz CT molecular complexity index is 710. The maximum Gasteiger partial charge on any atom is 0.339 e. The van der Waals surface area contributed by atoms with Crippen molar-refractivity contribution >= 4 is 51.2 Å². The summed E-state index contributed by atoms with van der Waals surface area (Å²) in [6.45, 7) is 5.59. The van der Waals surface area contributed by atoms with Crippen LogP contribution in [0.4, 0.5) is 5.69 Å². The molecule has 0 unspecified atom stereocenters. The van der Waals surface area contributed by atoms with Gasteiger partial charge in [-0.25, -0.2) is 4.79 Å². The van der Waals surface area contributed by atoms with E-state index in [4.69, 9.17) is 4.74 Å². The highest BCUT2D eigenvalue weighted by Crippen LogP contribution is 2.26. The third kappa shape index (κ3) is 7.47. The molecule has 0 bridgehead atoms. The topological polar surface area (TPSA) is 84.5 Å². The first-order chi connectivity index (χ1) is 13.2. The van der Waals surface area contributed by atoms with Gasteiger partial charge in [-0.1, -0.05) is 13.8 Å². The maximum absolute atomic E-state index is 12.8. The van der Waals surface area contributed by atoms with Gasteiger partial charge in [0.15, 0.2) is 0 Å². The molecule has 0 radical (unpaired) electrons. The third-order valence-electron chi connectivity index (χ3n) is 4.25. The fourth-order valence-electron chi connectivity index (χ4n) is 2.60. The number of esters is 1. The van der Waals surface area contributed by atoms with Crippen molar-refractivity contribution < 1.29 is 19.1 Å². The van der Waals surface area contributed by atoms with Gasteiger partial charge in [0.2, 0.25) is 11.8 Å². The maximum atomic E-state index is 12.8. The number of hydrogen-bond donors (Lipinski definition) is 2. The highest BCUT2D eigenvalue weighted by molar-refractivity contribution is 9.10. The average molecular weight is 473 g/mol. The van der Waals surface area contributed by atoms with Crippen molar-refractivity contribution in [2.75, 3.05) is 24.4 Å². The van der Waals surface area contributed by atoms with E-state index >= 15 is 0 Å². The molecule has 28 heavy (non-hydrogen) atoms. The van der Waals surface area contributed by atoms with Crippen LogP contribution in [0.3, 0.4) is 0 Å². The lowest BCUT2D eigenvalue weighted by Crippen LogP contribution is -2.47. The number of methoxy groups -OCH3 is 1. The summed E-state index contributed by atoms with van der Waals surface area (Å²) in [7, 11) is 1.30. The molecule has 2 N–H and O–H groups in total. The highest BCUT2D eigenvalue weighted by Gasteiger charge is 2.25. The summed E-state index contributed by atoms with van der Waals surface area (Å²) in [4.78, 5) is 36.9. The van der Waals surface area contributed by atoms with Gasteiger partial charge in [0.05, 0.1) is 12.7 Å². The molecule has 156 valence electrons. The Balaban J connectivity index is 2.87. The average Bonchev–Trinajstić information content (AvgIpc) is 2.64. The number of aryl methyl sites for hydroxylation is 1. The molecule has 0 aliphatic carbocycles. The molecule has 0 spiro atoms. The van der Waals surface area contributed by atoms with Gasteiger partial charge in [-0.05, 0) is 71.3 Å². The van der Waals surface area contributed by atoms with E-state index in [-0.39, 0.29) is 17.7 Å². The van der Waals surface area contributed by atoms with E-state index in [1.54, 1.807) is 23.9 Å². The Hall–Kier alpha value is -1.54. The molecular weight excluding hydrogens is 444 g/mol. The van der Waals surface area contributed by atoms with Crippen molar-refractivity contribution in [2.45, 2.75) is 46.1 Å². The Morgan fingerprint density at radius 2 is 1.89 bits per heavy atom. The van der Waals surface area contributed by atoms with Gasteiger partial charge < -0.3 is 15.4 Å². The number of hydrogen-bond acceptors (Lipinski definition) is 5.